The van der Waals surface area contributed by atoms with Gasteiger partial charge in [-0.2, -0.15) is 0 Å². The highest BCUT2D eigenvalue weighted by Gasteiger charge is 2.43. The summed E-state index contributed by atoms with van der Waals surface area (Å²) in [6.45, 7) is 3.32. The summed E-state index contributed by atoms with van der Waals surface area (Å²) in [5.74, 6) is 0.0694. The van der Waals surface area contributed by atoms with Crippen molar-refractivity contribution in [2.24, 2.45) is 16.9 Å². The first-order chi connectivity index (χ1) is 9.65. The van der Waals surface area contributed by atoms with Crippen LogP contribution < -0.4 is 11.5 Å². The van der Waals surface area contributed by atoms with Gasteiger partial charge in [0.25, 0.3) is 0 Å². The molecule has 3 unspecified atom stereocenters. The Kier molecular flexibility index (Phi) is 7.85. The van der Waals surface area contributed by atoms with Crippen LogP contribution in [0, 0.1) is 17.8 Å². The van der Waals surface area contributed by atoms with Crippen molar-refractivity contribution in [3.8, 4) is 12.3 Å². The second-order valence-corrected chi connectivity index (χ2v) is 5.53. The normalized spacial score (nSPS) is 16.3. The van der Waals surface area contributed by atoms with Crippen molar-refractivity contribution in [3.05, 3.63) is 0 Å². The van der Waals surface area contributed by atoms with E-state index in [2.05, 4.69) is 5.92 Å². The number of carboxylic acid groups (broad SMARTS) is 1. The van der Waals surface area contributed by atoms with Crippen LogP contribution in [0.1, 0.15) is 46.0 Å². The fourth-order valence-electron chi connectivity index (χ4n) is 2.06. The Bertz CT molecular complexity index is 437. The molecule has 0 heterocycles. The van der Waals surface area contributed by atoms with E-state index in [1.807, 2.05) is 0 Å². The van der Waals surface area contributed by atoms with Crippen molar-refractivity contribution in [3.63, 3.8) is 0 Å². The molecule has 0 aliphatic heterocycles. The molecular weight excluding hydrogens is 272 g/mol. The predicted molar refractivity (Wildman–Crippen MR) is 79.3 cm³/mol. The third-order valence-electron chi connectivity index (χ3n) is 3.15. The Morgan fingerprint density at radius 3 is 2.10 bits per heavy atom. The number of carboxylic acids is 1. The lowest BCUT2D eigenvalue weighted by atomic mass is 9.77. The molecule has 0 aromatic heterocycles. The number of Topliss-reactive ketones (excluding diaryl/α,β-unsaturated/α-hetero) is 2. The van der Waals surface area contributed by atoms with Crippen molar-refractivity contribution >= 4 is 17.5 Å². The Morgan fingerprint density at radius 2 is 1.71 bits per heavy atom. The van der Waals surface area contributed by atoms with Crippen LogP contribution in [0.5, 0.6) is 0 Å². The number of aliphatic carboxylic acids is 1. The molecule has 0 fully saturated rings. The standard InChI is InChI=1S/C15H24N2O4/c1-4-15(14(20)21,13(19)9-11(3)17)7-5-6-12(18)8-10(2)16/h1,10-11H,5-9,16-17H2,2-3H3,(H,20,21). The van der Waals surface area contributed by atoms with E-state index in [1.54, 1.807) is 13.8 Å². The van der Waals surface area contributed by atoms with E-state index in [0.29, 0.717) is 0 Å². The molecule has 0 saturated heterocycles. The molecule has 0 bridgehead atoms. The smallest absolute Gasteiger partial charge is 0.329 e. The van der Waals surface area contributed by atoms with E-state index < -0.39 is 23.2 Å². The zero-order valence-electron chi connectivity index (χ0n) is 12.6. The summed E-state index contributed by atoms with van der Waals surface area (Å²) in [7, 11) is 0. The molecule has 21 heavy (non-hydrogen) atoms. The fraction of sp³-hybridized carbons (Fsp3) is 0.667. The highest BCUT2D eigenvalue weighted by molar-refractivity contribution is 6.06. The maximum atomic E-state index is 12.1. The Balaban J connectivity index is 4.80. The zero-order chi connectivity index (χ0) is 16.6. The van der Waals surface area contributed by atoms with Crippen LogP contribution >= 0.6 is 0 Å². The molecule has 0 radical (unpaired) electrons. The van der Waals surface area contributed by atoms with Crippen LogP contribution in [0.4, 0.5) is 0 Å². The van der Waals surface area contributed by atoms with Gasteiger partial charge in [-0.3, -0.25) is 14.4 Å². The van der Waals surface area contributed by atoms with Gasteiger partial charge in [0.15, 0.2) is 11.2 Å². The van der Waals surface area contributed by atoms with Crippen LogP contribution in [-0.2, 0) is 14.4 Å². The van der Waals surface area contributed by atoms with Gasteiger partial charge in [0.05, 0.1) is 0 Å². The third-order valence-corrected chi connectivity index (χ3v) is 3.15. The first-order valence-corrected chi connectivity index (χ1v) is 6.93. The van der Waals surface area contributed by atoms with E-state index in [0.717, 1.165) is 0 Å². The number of hydrogen-bond donors (Lipinski definition) is 3. The van der Waals surface area contributed by atoms with Gasteiger partial charge in [0, 0.05) is 31.3 Å². The van der Waals surface area contributed by atoms with Crippen LogP contribution in [0.25, 0.3) is 0 Å². The quantitative estimate of drug-likeness (QED) is 0.398. The second kappa shape index (κ2) is 8.55. The molecule has 0 aromatic carbocycles. The maximum Gasteiger partial charge on any atom is 0.329 e. The molecule has 0 aliphatic rings. The summed E-state index contributed by atoms with van der Waals surface area (Å²) in [6.07, 6.45) is 5.72. The number of carbonyl (C=O) groups excluding carboxylic acids is 2. The number of ketones is 2. The lowest BCUT2D eigenvalue weighted by Crippen LogP contribution is -2.40. The number of nitrogens with two attached hydrogens (primary N) is 2. The fourth-order valence-corrected chi connectivity index (χ4v) is 2.06. The average Bonchev–Trinajstić information content (AvgIpc) is 2.32. The van der Waals surface area contributed by atoms with E-state index >= 15 is 0 Å². The Hall–Kier alpha value is -1.71. The zero-order valence-corrected chi connectivity index (χ0v) is 12.6. The Labute approximate surface area is 125 Å². The predicted octanol–water partition coefficient (Wildman–Crippen LogP) is 0.474. The summed E-state index contributed by atoms with van der Waals surface area (Å²) in [4.78, 5) is 35.1. The molecule has 0 amide bonds. The monoisotopic (exact) mass is 296 g/mol. The molecule has 5 N–H and O–H groups in total. The summed E-state index contributed by atoms with van der Waals surface area (Å²) in [5, 5.41) is 9.31. The maximum absolute atomic E-state index is 12.1. The molecular formula is C15H24N2O4. The minimum Gasteiger partial charge on any atom is -0.480 e. The van der Waals surface area contributed by atoms with Gasteiger partial charge in [-0.05, 0) is 26.7 Å². The Morgan fingerprint density at radius 1 is 1.19 bits per heavy atom. The average molecular weight is 296 g/mol. The summed E-state index contributed by atoms with van der Waals surface area (Å²) in [5.41, 5.74) is 9.14. The van der Waals surface area contributed by atoms with Gasteiger partial charge in [0.1, 0.15) is 5.78 Å². The van der Waals surface area contributed by atoms with Crippen molar-refractivity contribution in [1.82, 2.24) is 0 Å². The van der Waals surface area contributed by atoms with Gasteiger partial charge in [-0.1, -0.05) is 5.92 Å². The van der Waals surface area contributed by atoms with Gasteiger partial charge in [-0.25, -0.2) is 0 Å². The van der Waals surface area contributed by atoms with Crippen molar-refractivity contribution in [2.45, 2.75) is 58.0 Å². The SMILES string of the molecule is C#CC(CCCC(=O)CC(C)N)(C(=O)O)C(=O)CC(C)N. The number of rotatable bonds is 10. The molecule has 0 spiro atoms. The number of terminal acetylenes is 1. The largest absolute Gasteiger partial charge is 0.480 e. The van der Waals surface area contributed by atoms with Crippen LogP contribution in [0.3, 0.4) is 0 Å². The van der Waals surface area contributed by atoms with Gasteiger partial charge < -0.3 is 16.6 Å². The number of carbonyl (C=O) groups is 3. The van der Waals surface area contributed by atoms with E-state index in [9.17, 15) is 19.5 Å². The summed E-state index contributed by atoms with van der Waals surface area (Å²) < 4.78 is 0. The topological polar surface area (TPSA) is 123 Å². The molecule has 118 valence electrons. The van der Waals surface area contributed by atoms with Gasteiger partial charge in [-0.15, -0.1) is 6.42 Å². The van der Waals surface area contributed by atoms with E-state index in [-0.39, 0.29) is 43.9 Å². The highest BCUT2D eigenvalue weighted by Crippen LogP contribution is 2.28. The molecule has 6 heteroatoms. The molecule has 0 rings (SSSR count). The van der Waals surface area contributed by atoms with Gasteiger partial charge in [0.2, 0.25) is 0 Å². The minimum atomic E-state index is -1.90. The number of hydrogen-bond acceptors (Lipinski definition) is 5. The first kappa shape index (κ1) is 19.3. The van der Waals surface area contributed by atoms with Gasteiger partial charge >= 0.3 is 5.97 Å². The lowest BCUT2D eigenvalue weighted by Gasteiger charge is -2.23. The van der Waals surface area contributed by atoms with Crippen molar-refractivity contribution in [2.75, 3.05) is 0 Å². The molecule has 0 aliphatic carbocycles. The first-order valence-electron chi connectivity index (χ1n) is 6.93. The van der Waals surface area contributed by atoms with Crippen LogP contribution in [0.2, 0.25) is 0 Å². The molecule has 0 saturated carbocycles. The minimum absolute atomic E-state index is 0.0686. The second-order valence-electron chi connectivity index (χ2n) is 5.53. The van der Waals surface area contributed by atoms with Crippen LogP contribution in [-0.4, -0.2) is 34.7 Å². The summed E-state index contributed by atoms with van der Waals surface area (Å²) >= 11 is 0. The van der Waals surface area contributed by atoms with E-state index in [1.165, 1.54) is 0 Å². The molecule has 3 atom stereocenters. The third kappa shape index (κ3) is 6.06. The highest BCUT2D eigenvalue weighted by atomic mass is 16.4. The molecule has 0 aromatic rings. The summed E-state index contributed by atoms with van der Waals surface area (Å²) in [6, 6.07) is -0.710. The van der Waals surface area contributed by atoms with Crippen molar-refractivity contribution < 1.29 is 19.5 Å². The van der Waals surface area contributed by atoms with Crippen LogP contribution in [0.15, 0.2) is 0 Å². The lowest BCUT2D eigenvalue weighted by molar-refractivity contribution is -0.151. The van der Waals surface area contributed by atoms with Crippen molar-refractivity contribution in [1.29, 1.82) is 0 Å². The van der Waals surface area contributed by atoms with E-state index in [4.69, 9.17) is 17.9 Å². The molecule has 6 nitrogen and oxygen atoms in total.